The molecule has 1 amide bonds. The standard InChI is InChI=1S/C23H28ClN3O3S3/c1-4-26(5-2)13-14-27(23-25-20-11-8-18(31-3)16-21(20)32-23)22(28)12-15-33(29,30)19-9-6-17(24)7-10-19/h6-11,16H,4-5,12-15H2,1-3H3. The fourth-order valence-electron chi connectivity index (χ4n) is 3.36. The molecule has 0 radical (unpaired) electrons. The zero-order valence-electron chi connectivity index (χ0n) is 19.0. The molecule has 0 aliphatic heterocycles. The van der Waals surface area contributed by atoms with Gasteiger partial charge < -0.3 is 4.90 Å². The third-order valence-electron chi connectivity index (χ3n) is 5.41. The molecule has 0 aliphatic rings. The Morgan fingerprint density at radius 2 is 1.79 bits per heavy atom. The molecule has 0 saturated heterocycles. The smallest absolute Gasteiger partial charge is 0.229 e. The molecule has 0 spiro atoms. The van der Waals surface area contributed by atoms with Crippen LogP contribution in [-0.2, 0) is 14.6 Å². The van der Waals surface area contributed by atoms with Crippen molar-refractivity contribution in [2.24, 2.45) is 0 Å². The number of aromatic nitrogens is 1. The first-order chi connectivity index (χ1) is 15.8. The largest absolute Gasteiger partial charge is 0.302 e. The van der Waals surface area contributed by atoms with Crippen LogP contribution >= 0.6 is 34.7 Å². The van der Waals surface area contributed by atoms with E-state index in [1.54, 1.807) is 16.7 Å². The molecule has 2 aromatic carbocycles. The Kier molecular flexibility index (Phi) is 9.17. The van der Waals surface area contributed by atoms with Crippen molar-refractivity contribution in [2.45, 2.75) is 30.1 Å². The Labute approximate surface area is 208 Å². The molecule has 1 heterocycles. The van der Waals surface area contributed by atoms with Gasteiger partial charge in [0.05, 0.1) is 20.9 Å². The zero-order chi connectivity index (χ0) is 24.0. The summed E-state index contributed by atoms with van der Waals surface area (Å²) in [4.78, 5) is 23.1. The van der Waals surface area contributed by atoms with Crippen molar-refractivity contribution in [1.29, 1.82) is 0 Å². The molecule has 1 aromatic heterocycles. The van der Waals surface area contributed by atoms with Crippen molar-refractivity contribution in [1.82, 2.24) is 9.88 Å². The van der Waals surface area contributed by atoms with Crippen LogP contribution in [0.5, 0.6) is 0 Å². The van der Waals surface area contributed by atoms with Crippen LogP contribution in [0.25, 0.3) is 10.2 Å². The van der Waals surface area contributed by atoms with E-state index in [-0.39, 0.29) is 23.0 Å². The molecule has 0 fully saturated rings. The van der Waals surface area contributed by atoms with E-state index < -0.39 is 9.84 Å². The Balaban J connectivity index is 1.82. The van der Waals surface area contributed by atoms with Gasteiger partial charge in [0, 0.05) is 29.4 Å². The summed E-state index contributed by atoms with van der Waals surface area (Å²) in [6.45, 7) is 7.05. The number of halogens is 1. The average molecular weight is 526 g/mol. The van der Waals surface area contributed by atoms with E-state index in [4.69, 9.17) is 11.6 Å². The first kappa shape index (κ1) is 26.0. The van der Waals surface area contributed by atoms with Crippen LogP contribution in [0, 0.1) is 0 Å². The number of benzene rings is 2. The predicted octanol–water partition coefficient (Wildman–Crippen LogP) is 5.21. The van der Waals surface area contributed by atoms with Crippen molar-refractivity contribution >= 4 is 65.8 Å². The molecule has 0 aliphatic carbocycles. The fraction of sp³-hybridized carbons (Fsp3) is 0.391. The summed E-state index contributed by atoms with van der Waals surface area (Å²) in [6.07, 6.45) is 1.90. The Bertz CT molecular complexity index is 1190. The summed E-state index contributed by atoms with van der Waals surface area (Å²) < 4.78 is 26.5. The second-order valence-corrected chi connectivity index (χ2v) is 11.9. The van der Waals surface area contributed by atoms with Gasteiger partial charge in [0.1, 0.15) is 0 Å². The molecule has 178 valence electrons. The maximum atomic E-state index is 13.2. The summed E-state index contributed by atoms with van der Waals surface area (Å²) in [5.74, 6) is -0.514. The van der Waals surface area contributed by atoms with E-state index in [1.807, 2.05) is 18.4 Å². The van der Waals surface area contributed by atoms with Crippen molar-refractivity contribution < 1.29 is 13.2 Å². The van der Waals surface area contributed by atoms with Crippen LogP contribution in [0.4, 0.5) is 5.13 Å². The van der Waals surface area contributed by atoms with Crippen LogP contribution in [0.2, 0.25) is 5.02 Å². The summed E-state index contributed by atoms with van der Waals surface area (Å²) in [6, 6.07) is 12.1. The molecule has 10 heteroatoms. The molecular formula is C23H28ClN3O3S3. The van der Waals surface area contributed by atoms with E-state index in [1.165, 1.54) is 35.6 Å². The van der Waals surface area contributed by atoms with Gasteiger partial charge in [0.15, 0.2) is 15.0 Å². The highest BCUT2D eigenvalue weighted by atomic mass is 35.5. The lowest BCUT2D eigenvalue weighted by Gasteiger charge is -2.24. The maximum absolute atomic E-state index is 13.2. The monoisotopic (exact) mass is 525 g/mol. The lowest BCUT2D eigenvalue weighted by Crippen LogP contribution is -2.39. The van der Waals surface area contributed by atoms with Gasteiger partial charge in [-0.3, -0.25) is 9.69 Å². The quantitative estimate of drug-likeness (QED) is 0.320. The van der Waals surface area contributed by atoms with E-state index in [2.05, 4.69) is 29.8 Å². The number of rotatable bonds is 11. The second-order valence-electron chi connectivity index (χ2n) is 7.43. The van der Waals surface area contributed by atoms with E-state index in [9.17, 15) is 13.2 Å². The molecule has 33 heavy (non-hydrogen) atoms. The number of fused-ring (bicyclic) bond motifs is 1. The molecule has 0 bridgehead atoms. The van der Waals surface area contributed by atoms with E-state index >= 15 is 0 Å². The van der Waals surface area contributed by atoms with Crippen molar-refractivity contribution in [2.75, 3.05) is 43.1 Å². The average Bonchev–Trinajstić information content (AvgIpc) is 3.23. The van der Waals surface area contributed by atoms with Crippen LogP contribution in [-0.4, -0.2) is 62.4 Å². The number of sulfone groups is 1. The van der Waals surface area contributed by atoms with Crippen LogP contribution in [0.1, 0.15) is 20.3 Å². The zero-order valence-corrected chi connectivity index (χ0v) is 22.2. The molecule has 6 nitrogen and oxygen atoms in total. The van der Waals surface area contributed by atoms with Crippen LogP contribution in [0.3, 0.4) is 0 Å². The minimum Gasteiger partial charge on any atom is -0.302 e. The first-order valence-electron chi connectivity index (χ1n) is 10.7. The normalized spacial score (nSPS) is 11.9. The number of hydrogen-bond acceptors (Lipinski definition) is 7. The fourth-order valence-corrected chi connectivity index (χ4v) is 6.28. The minimum atomic E-state index is -3.60. The topological polar surface area (TPSA) is 70.6 Å². The number of likely N-dealkylation sites (N-methyl/N-ethyl adjacent to an activating group) is 1. The van der Waals surface area contributed by atoms with Gasteiger partial charge in [-0.05, 0) is 61.8 Å². The number of thiazole rings is 1. The van der Waals surface area contributed by atoms with Crippen LogP contribution in [0.15, 0.2) is 52.3 Å². The number of thioether (sulfide) groups is 1. The number of carbonyl (C=O) groups is 1. The third kappa shape index (κ3) is 6.70. The molecule has 0 unspecified atom stereocenters. The van der Waals surface area contributed by atoms with Gasteiger partial charge in [-0.15, -0.1) is 11.8 Å². The lowest BCUT2D eigenvalue weighted by molar-refractivity contribution is -0.118. The summed E-state index contributed by atoms with van der Waals surface area (Å²) >= 11 is 8.98. The van der Waals surface area contributed by atoms with Gasteiger partial charge in [-0.25, -0.2) is 13.4 Å². The third-order valence-corrected chi connectivity index (χ3v) is 9.16. The lowest BCUT2D eigenvalue weighted by atomic mass is 10.3. The van der Waals surface area contributed by atoms with Crippen molar-refractivity contribution in [3.8, 4) is 0 Å². The van der Waals surface area contributed by atoms with E-state index in [0.29, 0.717) is 23.2 Å². The van der Waals surface area contributed by atoms with Crippen molar-refractivity contribution in [3.63, 3.8) is 0 Å². The van der Waals surface area contributed by atoms with Gasteiger partial charge in [0.2, 0.25) is 5.91 Å². The van der Waals surface area contributed by atoms with Gasteiger partial charge in [0.25, 0.3) is 0 Å². The Hall–Kier alpha value is -1.65. The highest BCUT2D eigenvalue weighted by Gasteiger charge is 2.23. The van der Waals surface area contributed by atoms with Gasteiger partial charge in [-0.2, -0.15) is 0 Å². The molecule has 3 rings (SSSR count). The number of anilines is 1. The van der Waals surface area contributed by atoms with E-state index in [0.717, 1.165) is 28.2 Å². The summed E-state index contributed by atoms with van der Waals surface area (Å²) in [7, 11) is -3.60. The molecule has 3 aromatic rings. The highest BCUT2D eigenvalue weighted by Crippen LogP contribution is 2.32. The summed E-state index contributed by atoms with van der Waals surface area (Å²) in [5, 5.41) is 1.07. The Morgan fingerprint density at radius 1 is 1.09 bits per heavy atom. The van der Waals surface area contributed by atoms with Gasteiger partial charge in [-0.1, -0.05) is 36.8 Å². The van der Waals surface area contributed by atoms with Crippen molar-refractivity contribution in [3.05, 3.63) is 47.5 Å². The summed E-state index contributed by atoms with van der Waals surface area (Å²) in [5.41, 5.74) is 0.835. The first-order valence-corrected chi connectivity index (χ1v) is 14.8. The SMILES string of the molecule is CCN(CC)CCN(C(=O)CCS(=O)(=O)c1ccc(Cl)cc1)c1nc2ccc(SC)cc2s1. The number of amides is 1. The molecular weight excluding hydrogens is 498 g/mol. The maximum Gasteiger partial charge on any atom is 0.229 e. The van der Waals surface area contributed by atoms with Crippen LogP contribution < -0.4 is 4.90 Å². The highest BCUT2D eigenvalue weighted by molar-refractivity contribution is 7.98. The number of hydrogen-bond donors (Lipinski definition) is 0. The molecule has 0 atom stereocenters. The molecule has 0 saturated carbocycles. The number of carbonyl (C=O) groups excluding carboxylic acids is 1. The van der Waals surface area contributed by atoms with Gasteiger partial charge >= 0.3 is 0 Å². The predicted molar refractivity (Wildman–Crippen MR) is 140 cm³/mol. The Morgan fingerprint density at radius 3 is 2.42 bits per heavy atom. The minimum absolute atomic E-state index is 0.116. The number of nitrogens with zero attached hydrogens (tertiary/aromatic N) is 3. The molecule has 0 N–H and O–H groups in total. The second kappa shape index (κ2) is 11.7.